The lowest BCUT2D eigenvalue weighted by molar-refractivity contribution is -0.114. The van der Waals surface area contributed by atoms with Crippen LogP contribution in [0, 0.1) is 0 Å². The number of sulfone groups is 1. The van der Waals surface area contributed by atoms with Gasteiger partial charge >= 0.3 is 0 Å². The molecule has 2 aromatic carbocycles. The predicted molar refractivity (Wildman–Crippen MR) is 108 cm³/mol. The third-order valence-corrected chi connectivity index (χ3v) is 5.43. The Morgan fingerprint density at radius 2 is 1.64 bits per heavy atom. The van der Waals surface area contributed by atoms with E-state index in [0.717, 1.165) is 6.26 Å². The average molecular weight is 429 g/mol. The van der Waals surface area contributed by atoms with E-state index in [4.69, 9.17) is 25.8 Å². The number of amides is 1. The highest BCUT2D eigenvalue weighted by Gasteiger charge is 2.21. The molecule has 28 heavy (non-hydrogen) atoms. The maximum atomic E-state index is 12.3. The number of hydrogen-bond donors (Lipinski definition) is 2. The second kappa shape index (κ2) is 9.03. The number of nitrogens with one attached hydrogen (secondary N) is 2. The Bertz CT molecular complexity index is 978. The van der Waals surface area contributed by atoms with Crippen molar-refractivity contribution in [2.24, 2.45) is 0 Å². The molecule has 0 aliphatic carbocycles. The second-order valence-electron chi connectivity index (χ2n) is 5.70. The number of benzene rings is 2. The number of carbonyl (C=O) groups is 1. The first-order valence-electron chi connectivity index (χ1n) is 8.03. The standard InChI is InChI=1S/C18H21ClN2O6S/c1-25-11-5-6-12(15(9-11)27-3)21-16(22)10-20-13-7-8-14(26-2)17(19)18(13)28(4,23)24/h5-9,20H,10H2,1-4H3,(H,21,22). The van der Waals surface area contributed by atoms with Crippen LogP contribution in [0.3, 0.4) is 0 Å². The second-order valence-corrected chi connectivity index (χ2v) is 8.03. The number of rotatable bonds is 8. The molecule has 0 aliphatic heterocycles. The Hall–Kier alpha value is -2.65. The summed E-state index contributed by atoms with van der Waals surface area (Å²) >= 11 is 6.14. The Kier molecular flexibility index (Phi) is 6.98. The zero-order valence-corrected chi connectivity index (χ0v) is 17.4. The Balaban J connectivity index is 2.19. The summed E-state index contributed by atoms with van der Waals surface area (Å²) in [7, 11) is 0.720. The fourth-order valence-corrected chi connectivity index (χ4v) is 4.10. The molecule has 2 rings (SSSR count). The maximum Gasteiger partial charge on any atom is 0.243 e. The van der Waals surface area contributed by atoms with E-state index in [-0.39, 0.29) is 27.9 Å². The third-order valence-electron chi connectivity index (χ3n) is 3.77. The summed E-state index contributed by atoms with van der Waals surface area (Å²) in [5.41, 5.74) is 0.649. The minimum atomic E-state index is -3.66. The predicted octanol–water partition coefficient (Wildman–Crippen LogP) is 2.82. The number of ether oxygens (including phenoxy) is 3. The highest BCUT2D eigenvalue weighted by molar-refractivity contribution is 7.91. The number of hydrogen-bond acceptors (Lipinski definition) is 7. The van der Waals surface area contributed by atoms with Crippen LogP contribution in [0.1, 0.15) is 0 Å². The summed E-state index contributed by atoms with van der Waals surface area (Å²) in [5, 5.41) is 5.44. The minimum Gasteiger partial charge on any atom is -0.497 e. The van der Waals surface area contributed by atoms with Crippen molar-refractivity contribution in [1.82, 2.24) is 0 Å². The molecule has 0 aromatic heterocycles. The number of carbonyl (C=O) groups excluding carboxylic acids is 1. The van der Waals surface area contributed by atoms with Crippen LogP contribution in [-0.2, 0) is 14.6 Å². The van der Waals surface area contributed by atoms with E-state index < -0.39 is 15.7 Å². The van der Waals surface area contributed by atoms with Crippen molar-refractivity contribution in [3.63, 3.8) is 0 Å². The zero-order chi connectivity index (χ0) is 20.9. The lowest BCUT2D eigenvalue weighted by Crippen LogP contribution is -2.23. The zero-order valence-electron chi connectivity index (χ0n) is 15.8. The largest absolute Gasteiger partial charge is 0.497 e. The molecule has 0 saturated carbocycles. The molecule has 10 heteroatoms. The number of anilines is 2. The summed E-state index contributed by atoms with van der Waals surface area (Å²) in [6.07, 6.45) is 1.03. The van der Waals surface area contributed by atoms with E-state index in [1.165, 1.54) is 33.5 Å². The van der Waals surface area contributed by atoms with Crippen LogP contribution in [0.25, 0.3) is 0 Å². The van der Waals surface area contributed by atoms with Crippen molar-refractivity contribution in [2.75, 3.05) is 44.8 Å². The molecule has 1 amide bonds. The van der Waals surface area contributed by atoms with E-state index in [0.29, 0.717) is 17.2 Å². The van der Waals surface area contributed by atoms with Gasteiger partial charge in [0.15, 0.2) is 9.84 Å². The van der Waals surface area contributed by atoms with Gasteiger partial charge in [-0.15, -0.1) is 0 Å². The van der Waals surface area contributed by atoms with E-state index >= 15 is 0 Å². The van der Waals surface area contributed by atoms with Gasteiger partial charge in [-0.1, -0.05) is 11.6 Å². The number of methoxy groups -OCH3 is 3. The van der Waals surface area contributed by atoms with E-state index in [1.54, 1.807) is 18.2 Å². The normalized spacial score (nSPS) is 10.9. The molecule has 0 bridgehead atoms. The van der Waals surface area contributed by atoms with Crippen LogP contribution >= 0.6 is 11.6 Å². The van der Waals surface area contributed by atoms with Crippen LogP contribution in [-0.4, -0.2) is 48.5 Å². The molecule has 2 aromatic rings. The van der Waals surface area contributed by atoms with Crippen molar-refractivity contribution in [3.05, 3.63) is 35.4 Å². The van der Waals surface area contributed by atoms with Crippen LogP contribution in [0.4, 0.5) is 11.4 Å². The van der Waals surface area contributed by atoms with E-state index in [1.807, 2.05) is 0 Å². The van der Waals surface area contributed by atoms with Crippen molar-refractivity contribution in [1.29, 1.82) is 0 Å². The monoisotopic (exact) mass is 428 g/mol. The molecule has 0 unspecified atom stereocenters. The molecule has 0 saturated heterocycles. The van der Waals surface area contributed by atoms with E-state index in [2.05, 4.69) is 10.6 Å². The van der Waals surface area contributed by atoms with Crippen molar-refractivity contribution in [3.8, 4) is 17.2 Å². The maximum absolute atomic E-state index is 12.3. The van der Waals surface area contributed by atoms with Gasteiger partial charge in [-0.25, -0.2) is 8.42 Å². The van der Waals surface area contributed by atoms with Gasteiger partial charge in [0.2, 0.25) is 5.91 Å². The molecular weight excluding hydrogens is 408 g/mol. The van der Waals surface area contributed by atoms with Gasteiger partial charge in [0.25, 0.3) is 0 Å². The fraction of sp³-hybridized carbons (Fsp3) is 0.278. The molecule has 0 heterocycles. The number of halogens is 1. The minimum absolute atomic E-state index is 0.0489. The summed E-state index contributed by atoms with van der Waals surface area (Å²) < 4.78 is 39.6. The van der Waals surface area contributed by atoms with Gasteiger partial charge in [0.1, 0.15) is 27.2 Å². The average Bonchev–Trinajstić information content (AvgIpc) is 2.65. The lowest BCUT2D eigenvalue weighted by atomic mass is 10.2. The van der Waals surface area contributed by atoms with E-state index in [9.17, 15) is 13.2 Å². The van der Waals surface area contributed by atoms with Gasteiger partial charge in [-0.05, 0) is 24.3 Å². The fourth-order valence-electron chi connectivity index (χ4n) is 2.47. The first-order chi connectivity index (χ1) is 13.2. The van der Waals surface area contributed by atoms with Crippen molar-refractivity contribution >= 4 is 38.7 Å². The van der Waals surface area contributed by atoms with Crippen LogP contribution in [0.5, 0.6) is 17.2 Å². The summed E-state index contributed by atoms with van der Waals surface area (Å²) in [5.74, 6) is 0.825. The highest BCUT2D eigenvalue weighted by atomic mass is 35.5. The van der Waals surface area contributed by atoms with Gasteiger partial charge in [0, 0.05) is 12.3 Å². The molecular formula is C18H21ClN2O6S. The van der Waals surface area contributed by atoms with Gasteiger partial charge in [-0.2, -0.15) is 0 Å². The Morgan fingerprint density at radius 1 is 1.00 bits per heavy atom. The first-order valence-corrected chi connectivity index (χ1v) is 10.3. The summed E-state index contributed by atoms with van der Waals surface area (Å²) in [6, 6.07) is 7.96. The van der Waals surface area contributed by atoms with Gasteiger partial charge < -0.3 is 24.8 Å². The summed E-state index contributed by atoms with van der Waals surface area (Å²) in [6.45, 7) is -0.194. The quantitative estimate of drug-likeness (QED) is 0.666. The molecule has 0 fully saturated rings. The highest BCUT2D eigenvalue weighted by Crippen LogP contribution is 2.36. The molecule has 152 valence electrons. The van der Waals surface area contributed by atoms with Crippen LogP contribution < -0.4 is 24.8 Å². The Morgan fingerprint density at radius 3 is 2.21 bits per heavy atom. The van der Waals surface area contributed by atoms with Crippen LogP contribution in [0.2, 0.25) is 5.02 Å². The SMILES string of the molecule is COc1ccc(NC(=O)CNc2ccc(OC)c(Cl)c2S(C)(=O)=O)c(OC)c1. The van der Waals surface area contributed by atoms with Crippen molar-refractivity contribution in [2.45, 2.75) is 4.90 Å². The molecule has 0 radical (unpaired) electrons. The smallest absolute Gasteiger partial charge is 0.243 e. The molecule has 0 atom stereocenters. The van der Waals surface area contributed by atoms with Crippen LogP contribution in [0.15, 0.2) is 35.2 Å². The molecule has 0 aliphatic rings. The van der Waals surface area contributed by atoms with Gasteiger partial charge in [-0.3, -0.25) is 4.79 Å². The summed E-state index contributed by atoms with van der Waals surface area (Å²) in [4.78, 5) is 12.2. The molecule has 2 N–H and O–H groups in total. The third kappa shape index (κ3) is 4.99. The first kappa shape index (κ1) is 21.6. The Labute approximate surface area is 168 Å². The molecule has 0 spiro atoms. The van der Waals surface area contributed by atoms with Gasteiger partial charge in [0.05, 0.1) is 39.2 Å². The topological polar surface area (TPSA) is 103 Å². The lowest BCUT2D eigenvalue weighted by Gasteiger charge is -2.15. The molecule has 8 nitrogen and oxygen atoms in total. The van der Waals surface area contributed by atoms with Crippen molar-refractivity contribution < 1.29 is 27.4 Å².